The largest absolute Gasteiger partial charge is 0.345 e. The molecule has 0 bridgehead atoms. The molecule has 1 aliphatic carbocycles. The highest BCUT2D eigenvalue weighted by atomic mass is 19.1. The van der Waals surface area contributed by atoms with E-state index in [-0.39, 0.29) is 22.3 Å². The summed E-state index contributed by atoms with van der Waals surface area (Å²) in [6.45, 7) is 1.60. The van der Waals surface area contributed by atoms with Gasteiger partial charge in [0.15, 0.2) is 0 Å². The molecular formula is C26H20F3N3O2. The van der Waals surface area contributed by atoms with Gasteiger partial charge in [-0.1, -0.05) is 12.1 Å². The van der Waals surface area contributed by atoms with E-state index in [0.717, 1.165) is 25.0 Å². The van der Waals surface area contributed by atoms with Crippen molar-refractivity contribution in [2.75, 3.05) is 0 Å². The number of rotatable bonds is 5. The van der Waals surface area contributed by atoms with Crippen molar-refractivity contribution in [1.29, 1.82) is 0 Å². The number of nitrogens with one attached hydrogen (secondary N) is 1. The summed E-state index contributed by atoms with van der Waals surface area (Å²) in [7, 11) is 0. The second-order valence-electron chi connectivity index (χ2n) is 8.47. The number of fused-ring (bicyclic) bond motifs is 1. The highest BCUT2D eigenvalue weighted by molar-refractivity contribution is 6.08. The summed E-state index contributed by atoms with van der Waals surface area (Å²) in [4.78, 5) is 30.9. The Kier molecular flexibility index (Phi) is 5.43. The van der Waals surface area contributed by atoms with Crippen LogP contribution >= 0.6 is 0 Å². The lowest BCUT2D eigenvalue weighted by molar-refractivity contribution is 0.0932. The standard InChI is InChI=1S/C26H20F3N3O2/c1-14-22(25(33)31-24(15-7-8-15)16-10-17(27)12-18(28)11-16)20-5-2-6-21(29)23(20)26(34)32(14)19-4-3-9-30-13-19/h2-6,9-13,15,24H,7-8H2,1H3,(H,31,33)/t24-/m0/s1. The quantitative estimate of drug-likeness (QED) is 0.454. The molecule has 5 nitrogen and oxygen atoms in total. The second kappa shape index (κ2) is 8.44. The van der Waals surface area contributed by atoms with E-state index in [9.17, 15) is 22.8 Å². The van der Waals surface area contributed by atoms with Crippen molar-refractivity contribution in [2.45, 2.75) is 25.8 Å². The van der Waals surface area contributed by atoms with Crippen LogP contribution in [0.15, 0.2) is 65.7 Å². The zero-order valence-corrected chi connectivity index (χ0v) is 18.2. The summed E-state index contributed by atoms with van der Waals surface area (Å²) in [6, 6.07) is 9.94. The van der Waals surface area contributed by atoms with Crippen molar-refractivity contribution < 1.29 is 18.0 Å². The van der Waals surface area contributed by atoms with Crippen LogP contribution in [0.4, 0.5) is 13.2 Å². The van der Waals surface area contributed by atoms with Crippen LogP contribution in [0.3, 0.4) is 0 Å². The van der Waals surface area contributed by atoms with Gasteiger partial charge in [0.2, 0.25) is 0 Å². The Labute approximate surface area is 192 Å². The van der Waals surface area contributed by atoms with Gasteiger partial charge in [0, 0.05) is 23.3 Å². The SMILES string of the molecule is Cc1c(C(=O)N[C@H](c2cc(F)cc(F)c2)C2CC2)c2cccc(F)c2c(=O)n1-c1cccnc1. The Hall–Kier alpha value is -3.94. The fourth-order valence-electron chi connectivity index (χ4n) is 4.48. The number of nitrogens with zero attached hydrogens (tertiary/aromatic N) is 2. The van der Waals surface area contributed by atoms with Gasteiger partial charge in [-0.3, -0.25) is 19.1 Å². The summed E-state index contributed by atoms with van der Waals surface area (Å²) in [5.74, 6) is -2.75. The van der Waals surface area contributed by atoms with Crippen LogP contribution in [0.5, 0.6) is 0 Å². The Bertz CT molecular complexity index is 1460. The van der Waals surface area contributed by atoms with Crippen LogP contribution in [0.2, 0.25) is 0 Å². The van der Waals surface area contributed by atoms with Gasteiger partial charge in [-0.25, -0.2) is 13.2 Å². The number of benzene rings is 2. The molecule has 2 aromatic carbocycles. The summed E-state index contributed by atoms with van der Waals surface area (Å²) >= 11 is 0. The third-order valence-corrected chi connectivity index (χ3v) is 6.15. The van der Waals surface area contributed by atoms with Crippen molar-refractivity contribution in [1.82, 2.24) is 14.9 Å². The average molecular weight is 463 g/mol. The molecule has 2 aromatic heterocycles. The van der Waals surface area contributed by atoms with Crippen molar-refractivity contribution in [2.24, 2.45) is 5.92 Å². The minimum Gasteiger partial charge on any atom is -0.345 e. The van der Waals surface area contributed by atoms with Gasteiger partial charge >= 0.3 is 0 Å². The zero-order chi connectivity index (χ0) is 24.0. The van der Waals surface area contributed by atoms with Crippen LogP contribution in [0, 0.1) is 30.3 Å². The maximum Gasteiger partial charge on any atom is 0.266 e. The molecule has 1 saturated carbocycles. The van der Waals surface area contributed by atoms with Crippen LogP contribution in [0.1, 0.15) is 40.5 Å². The van der Waals surface area contributed by atoms with Gasteiger partial charge in [-0.05, 0) is 61.6 Å². The van der Waals surface area contributed by atoms with Crippen molar-refractivity contribution in [3.63, 3.8) is 0 Å². The smallest absolute Gasteiger partial charge is 0.266 e. The van der Waals surface area contributed by atoms with Crippen molar-refractivity contribution >= 4 is 16.7 Å². The Morgan fingerprint density at radius 2 is 1.82 bits per heavy atom. The van der Waals surface area contributed by atoms with E-state index in [0.29, 0.717) is 16.9 Å². The van der Waals surface area contributed by atoms with Gasteiger partial charge in [0.1, 0.15) is 17.5 Å². The Morgan fingerprint density at radius 1 is 1.09 bits per heavy atom. The van der Waals surface area contributed by atoms with Gasteiger partial charge in [-0.15, -0.1) is 0 Å². The third kappa shape index (κ3) is 3.85. The fourth-order valence-corrected chi connectivity index (χ4v) is 4.48. The monoisotopic (exact) mass is 463 g/mol. The highest BCUT2D eigenvalue weighted by Crippen LogP contribution is 2.41. The molecule has 0 radical (unpaired) electrons. The van der Waals surface area contributed by atoms with E-state index in [1.165, 1.54) is 41.2 Å². The maximum absolute atomic E-state index is 14.8. The minimum atomic E-state index is -0.750. The lowest BCUT2D eigenvalue weighted by atomic mass is 9.99. The fraction of sp³-hybridized carbons (Fsp3) is 0.192. The van der Waals surface area contributed by atoms with E-state index in [1.54, 1.807) is 19.1 Å². The predicted molar refractivity (Wildman–Crippen MR) is 121 cm³/mol. The molecule has 5 rings (SSSR count). The number of hydrogen-bond acceptors (Lipinski definition) is 3. The van der Waals surface area contributed by atoms with E-state index < -0.39 is 35.0 Å². The normalized spacial score (nSPS) is 14.2. The molecule has 172 valence electrons. The molecule has 1 atom stereocenters. The Morgan fingerprint density at radius 3 is 2.47 bits per heavy atom. The van der Waals surface area contributed by atoms with Gasteiger partial charge in [0.25, 0.3) is 11.5 Å². The predicted octanol–water partition coefficient (Wildman–Crippen LogP) is 4.99. The number of halogens is 3. The number of carbonyl (C=O) groups excluding carboxylic acids is 1. The molecule has 1 aliphatic rings. The molecule has 0 unspecified atom stereocenters. The summed E-state index contributed by atoms with van der Waals surface area (Å²) in [5.41, 5.74) is 0.507. The van der Waals surface area contributed by atoms with Crippen molar-refractivity contribution in [3.8, 4) is 5.69 Å². The molecule has 1 amide bonds. The van der Waals surface area contributed by atoms with Crippen LogP contribution < -0.4 is 10.9 Å². The van der Waals surface area contributed by atoms with Crippen LogP contribution in [0.25, 0.3) is 16.5 Å². The van der Waals surface area contributed by atoms with Gasteiger partial charge in [0.05, 0.1) is 28.9 Å². The summed E-state index contributed by atoms with van der Waals surface area (Å²) in [5, 5.41) is 2.84. The van der Waals surface area contributed by atoms with Crippen LogP contribution in [-0.4, -0.2) is 15.5 Å². The maximum atomic E-state index is 14.8. The first-order valence-electron chi connectivity index (χ1n) is 10.9. The number of aromatic nitrogens is 2. The van der Waals surface area contributed by atoms with E-state index in [1.807, 2.05) is 0 Å². The molecule has 34 heavy (non-hydrogen) atoms. The topological polar surface area (TPSA) is 64.0 Å². The molecule has 0 aliphatic heterocycles. The third-order valence-electron chi connectivity index (χ3n) is 6.15. The van der Waals surface area contributed by atoms with Crippen molar-refractivity contribution in [3.05, 3.63) is 106 Å². The first-order chi connectivity index (χ1) is 16.3. The van der Waals surface area contributed by atoms with E-state index in [2.05, 4.69) is 10.3 Å². The molecule has 0 spiro atoms. The molecule has 0 saturated heterocycles. The second-order valence-corrected chi connectivity index (χ2v) is 8.47. The molecule has 8 heteroatoms. The first kappa shape index (κ1) is 21.9. The number of hydrogen-bond donors (Lipinski definition) is 1. The summed E-state index contributed by atoms with van der Waals surface area (Å²) < 4.78 is 43.9. The number of carbonyl (C=O) groups is 1. The molecule has 2 heterocycles. The van der Waals surface area contributed by atoms with Gasteiger partial charge in [-0.2, -0.15) is 0 Å². The van der Waals surface area contributed by atoms with E-state index in [4.69, 9.17) is 0 Å². The molecule has 4 aromatic rings. The number of amides is 1. The number of pyridine rings is 2. The average Bonchev–Trinajstić information content (AvgIpc) is 3.63. The lowest BCUT2D eigenvalue weighted by Crippen LogP contribution is -2.33. The first-order valence-corrected chi connectivity index (χ1v) is 10.9. The zero-order valence-electron chi connectivity index (χ0n) is 18.2. The highest BCUT2D eigenvalue weighted by Gasteiger charge is 2.35. The van der Waals surface area contributed by atoms with Gasteiger partial charge < -0.3 is 5.32 Å². The Balaban J connectivity index is 1.68. The van der Waals surface area contributed by atoms with E-state index >= 15 is 0 Å². The van der Waals surface area contributed by atoms with Crippen LogP contribution in [-0.2, 0) is 0 Å². The molecular weight excluding hydrogens is 443 g/mol. The lowest BCUT2D eigenvalue weighted by Gasteiger charge is -2.22. The summed E-state index contributed by atoms with van der Waals surface area (Å²) in [6.07, 6.45) is 4.59. The molecule has 1 fully saturated rings. The molecule has 1 N–H and O–H groups in total. The minimum absolute atomic E-state index is 0.0256.